The maximum Gasteiger partial charge on any atom is 0.322 e. The van der Waals surface area contributed by atoms with E-state index in [2.05, 4.69) is 16.0 Å². The van der Waals surface area contributed by atoms with Crippen LogP contribution in [0.2, 0.25) is 0 Å². The molecule has 0 saturated heterocycles. The molecule has 3 amide bonds. The van der Waals surface area contributed by atoms with Gasteiger partial charge in [-0.25, -0.2) is 0 Å². The molecule has 8 N–H and O–H groups in total. The molecule has 150 valence electrons. The average Bonchev–Trinajstić information content (AvgIpc) is 2.61. The lowest BCUT2D eigenvalue weighted by atomic mass is 10.1. The second-order valence-corrected chi connectivity index (χ2v) is 6.61. The first kappa shape index (κ1) is 24.1. The normalized spacial score (nSPS) is 12.7. The van der Waals surface area contributed by atoms with Gasteiger partial charge >= 0.3 is 5.97 Å². The molecule has 0 aliphatic rings. The monoisotopic (exact) mass is 391 g/mol. The molecule has 0 aliphatic carbocycles. The van der Waals surface area contributed by atoms with Crippen LogP contribution in [0.25, 0.3) is 0 Å². The number of aliphatic carboxylic acids is 1. The fourth-order valence-corrected chi connectivity index (χ4v) is 2.46. The fraction of sp³-hybridized carbons (Fsp3) is 0.733. The largest absolute Gasteiger partial charge is 0.480 e. The van der Waals surface area contributed by atoms with E-state index in [1.165, 1.54) is 0 Å². The van der Waals surface area contributed by atoms with Crippen LogP contribution in [0.1, 0.15) is 25.7 Å². The lowest BCUT2D eigenvalue weighted by Gasteiger charge is -2.18. The minimum atomic E-state index is -1.18. The summed E-state index contributed by atoms with van der Waals surface area (Å²) in [6.07, 6.45) is 3.97. The van der Waals surface area contributed by atoms with Crippen LogP contribution >= 0.6 is 11.8 Å². The molecule has 0 fully saturated rings. The lowest BCUT2D eigenvalue weighted by Crippen LogP contribution is -2.51. The van der Waals surface area contributed by atoms with Gasteiger partial charge in [-0.2, -0.15) is 11.8 Å². The Labute approximate surface area is 157 Å². The van der Waals surface area contributed by atoms with Gasteiger partial charge in [-0.1, -0.05) is 0 Å². The van der Waals surface area contributed by atoms with Crippen molar-refractivity contribution in [3.63, 3.8) is 0 Å². The number of unbranched alkanes of at least 4 members (excludes halogenated alkanes) is 1. The topological polar surface area (TPSA) is 177 Å². The summed E-state index contributed by atoms with van der Waals surface area (Å²) in [6, 6.07) is -1.59. The number of nitrogens with one attached hydrogen (secondary N) is 3. The maximum absolute atomic E-state index is 12.0. The highest BCUT2D eigenvalue weighted by atomic mass is 32.2. The molecule has 0 spiro atoms. The number of carboxylic acid groups (broad SMARTS) is 1. The second kappa shape index (κ2) is 14.3. The van der Waals surface area contributed by atoms with E-state index in [0.717, 1.165) is 5.75 Å². The first-order valence-electron chi connectivity index (χ1n) is 8.33. The van der Waals surface area contributed by atoms with Crippen LogP contribution in [0.3, 0.4) is 0 Å². The number of carbonyl (C=O) groups is 4. The average molecular weight is 391 g/mol. The van der Waals surface area contributed by atoms with Crippen LogP contribution in [-0.2, 0) is 19.2 Å². The summed E-state index contributed by atoms with van der Waals surface area (Å²) in [7, 11) is 0. The number of nitrogens with two attached hydrogens (primary N) is 2. The fourth-order valence-electron chi connectivity index (χ4n) is 1.97. The molecular weight excluding hydrogens is 362 g/mol. The minimum absolute atomic E-state index is 0.314. The Hall–Kier alpha value is -1.85. The van der Waals surface area contributed by atoms with Crippen LogP contribution in [-0.4, -0.2) is 72.5 Å². The molecule has 0 aromatic rings. The van der Waals surface area contributed by atoms with Crippen molar-refractivity contribution in [3.05, 3.63) is 0 Å². The number of thioether (sulfide) groups is 1. The van der Waals surface area contributed by atoms with E-state index in [4.69, 9.17) is 16.6 Å². The van der Waals surface area contributed by atoms with Gasteiger partial charge < -0.3 is 32.5 Å². The smallest absolute Gasteiger partial charge is 0.322 e. The van der Waals surface area contributed by atoms with Crippen molar-refractivity contribution in [3.8, 4) is 0 Å². The second-order valence-electron chi connectivity index (χ2n) is 5.62. The molecule has 0 aromatic heterocycles. The zero-order chi connectivity index (χ0) is 19.9. The predicted octanol–water partition coefficient (Wildman–Crippen LogP) is -2.00. The Balaban J connectivity index is 4.48. The van der Waals surface area contributed by atoms with Crippen molar-refractivity contribution in [2.24, 2.45) is 11.5 Å². The van der Waals surface area contributed by atoms with E-state index < -0.39 is 42.3 Å². The predicted molar refractivity (Wildman–Crippen MR) is 99.5 cm³/mol. The molecule has 10 nitrogen and oxygen atoms in total. The molecule has 2 unspecified atom stereocenters. The first-order valence-corrected chi connectivity index (χ1v) is 9.72. The van der Waals surface area contributed by atoms with Crippen molar-refractivity contribution in [2.45, 2.75) is 37.8 Å². The van der Waals surface area contributed by atoms with E-state index in [1.807, 2.05) is 6.26 Å². The molecule has 0 bridgehead atoms. The third-order valence-electron chi connectivity index (χ3n) is 3.41. The highest BCUT2D eigenvalue weighted by Gasteiger charge is 2.21. The molecule has 0 aromatic carbocycles. The highest BCUT2D eigenvalue weighted by molar-refractivity contribution is 7.98. The third kappa shape index (κ3) is 11.7. The zero-order valence-corrected chi connectivity index (χ0v) is 15.8. The van der Waals surface area contributed by atoms with Crippen LogP contribution in [0.15, 0.2) is 0 Å². The Morgan fingerprint density at radius 1 is 1.04 bits per heavy atom. The third-order valence-corrected chi connectivity index (χ3v) is 4.05. The van der Waals surface area contributed by atoms with Crippen molar-refractivity contribution in [1.29, 1.82) is 0 Å². The van der Waals surface area contributed by atoms with Crippen molar-refractivity contribution < 1.29 is 24.3 Å². The molecule has 26 heavy (non-hydrogen) atoms. The lowest BCUT2D eigenvalue weighted by molar-refractivity contribution is -0.138. The number of carboxylic acids is 1. The summed E-state index contributed by atoms with van der Waals surface area (Å²) in [6.45, 7) is -0.407. The van der Waals surface area contributed by atoms with E-state index in [0.29, 0.717) is 32.2 Å². The summed E-state index contributed by atoms with van der Waals surface area (Å²) in [5.41, 5.74) is 11.1. The Morgan fingerprint density at radius 2 is 1.69 bits per heavy atom. The van der Waals surface area contributed by atoms with Crippen LogP contribution in [0.4, 0.5) is 0 Å². The van der Waals surface area contributed by atoms with Gasteiger partial charge in [-0.3, -0.25) is 19.2 Å². The van der Waals surface area contributed by atoms with Crippen molar-refractivity contribution in [2.75, 3.05) is 31.6 Å². The molecule has 0 saturated carbocycles. The first-order chi connectivity index (χ1) is 12.3. The number of amides is 3. The van der Waals surface area contributed by atoms with Crippen LogP contribution < -0.4 is 27.4 Å². The molecule has 2 atom stereocenters. The van der Waals surface area contributed by atoms with Crippen molar-refractivity contribution >= 4 is 35.5 Å². The summed E-state index contributed by atoms with van der Waals surface area (Å²) in [4.78, 5) is 46.3. The van der Waals surface area contributed by atoms with E-state index in [-0.39, 0.29) is 6.54 Å². The number of carbonyl (C=O) groups excluding carboxylic acids is 3. The quantitative estimate of drug-likeness (QED) is 0.184. The standard InChI is InChI=1S/C15H29N5O5S/c1-26-7-5-10(17)14(24)18-8-12(21)20-11(4-2-3-6-16)15(25)19-9-13(22)23/h10-11H,2-9,16-17H2,1H3,(H,18,24)(H,19,25)(H,20,21)(H,22,23). The highest BCUT2D eigenvalue weighted by Crippen LogP contribution is 2.01. The number of hydrogen-bond donors (Lipinski definition) is 6. The Kier molecular flexibility index (Phi) is 13.3. The van der Waals surface area contributed by atoms with E-state index in [9.17, 15) is 19.2 Å². The summed E-state index contributed by atoms with van der Waals surface area (Å²) in [5.74, 6) is -2.05. The van der Waals surface area contributed by atoms with E-state index in [1.54, 1.807) is 11.8 Å². The molecule has 0 rings (SSSR count). The minimum Gasteiger partial charge on any atom is -0.480 e. The van der Waals surface area contributed by atoms with Gasteiger partial charge in [-0.15, -0.1) is 0 Å². The summed E-state index contributed by atoms with van der Waals surface area (Å²) >= 11 is 1.56. The molecule has 11 heteroatoms. The Bertz CT molecular complexity index is 477. The van der Waals surface area contributed by atoms with Gasteiger partial charge in [0.05, 0.1) is 12.6 Å². The van der Waals surface area contributed by atoms with Crippen LogP contribution in [0, 0.1) is 0 Å². The van der Waals surface area contributed by atoms with Gasteiger partial charge in [0.2, 0.25) is 17.7 Å². The van der Waals surface area contributed by atoms with Gasteiger partial charge in [0.1, 0.15) is 12.6 Å². The number of hydrogen-bond acceptors (Lipinski definition) is 7. The maximum atomic E-state index is 12.0. The summed E-state index contributed by atoms with van der Waals surface area (Å²) < 4.78 is 0. The van der Waals surface area contributed by atoms with E-state index >= 15 is 0 Å². The van der Waals surface area contributed by atoms with Gasteiger partial charge in [0.15, 0.2) is 0 Å². The zero-order valence-electron chi connectivity index (χ0n) is 15.0. The molecule has 0 heterocycles. The van der Waals surface area contributed by atoms with Crippen LogP contribution in [0.5, 0.6) is 0 Å². The van der Waals surface area contributed by atoms with Gasteiger partial charge in [0, 0.05) is 0 Å². The molecular formula is C15H29N5O5S. The summed E-state index contributed by atoms with van der Waals surface area (Å²) in [5, 5.41) is 15.8. The molecule has 0 radical (unpaired) electrons. The van der Waals surface area contributed by atoms with Gasteiger partial charge in [0.25, 0.3) is 0 Å². The van der Waals surface area contributed by atoms with Crippen molar-refractivity contribution in [1.82, 2.24) is 16.0 Å². The molecule has 0 aliphatic heterocycles. The van der Waals surface area contributed by atoms with Gasteiger partial charge in [-0.05, 0) is 44.2 Å². The Morgan fingerprint density at radius 3 is 2.27 bits per heavy atom. The SMILES string of the molecule is CSCCC(N)C(=O)NCC(=O)NC(CCCCN)C(=O)NCC(=O)O. The number of rotatable bonds is 14.